The van der Waals surface area contributed by atoms with E-state index in [4.69, 9.17) is 14.4 Å². The molecule has 0 radical (unpaired) electrons. The van der Waals surface area contributed by atoms with Crippen molar-refractivity contribution < 1.29 is 8.81 Å². The largest absolute Gasteiger partial charge is 0.463 e. The van der Waals surface area contributed by atoms with Gasteiger partial charge in [-0.2, -0.15) is 0 Å². The molecule has 1 aliphatic rings. The molecule has 0 unspecified atom stereocenters. The Bertz CT molecular complexity index is 1470. The van der Waals surface area contributed by atoms with Gasteiger partial charge >= 0.3 is 0 Å². The minimum Gasteiger partial charge on any atom is -0.463 e. The lowest BCUT2D eigenvalue weighted by atomic mass is 9.85. The van der Waals surface area contributed by atoms with Crippen molar-refractivity contribution in [2.24, 2.45) is 9.98 Å². The second-order valence-corrected chi connectivity index (χ2v) is 9.66. The summed E-state index contributed by atoms with van der Waals surface area (Å²) in [7, 11) is 0. The summed E-state index contributed by atoms with van der Waals surface area (Å²) >= 11 is 0. The van der Waals surface area contributed by atoms with Crippen LogP contribution in [0.1, 0.15) is 67.3 Å². The van der Waals surface area contributed by atoms with Gasteiger partial charge in [0.2, 0.25) is 0 Å². The third-order valence-corrected chi connectivity index (χ3v) is 6.50. The van der Waals surface area contributed by atoms with E-state index in [0.29, 0.717) is 34.6 Å². The quantitative estimate of drug-likeness (QED) is 0.297. The van der Waals surface area contributed by atoms with Crippen molar-refractivity contribution in [2.75, 3.05) is 0 Å². The van der Waals surface area contributed by atoms with Crippen molar-refractivity contribution in [3.8, 4) is 11.3 Å². The standard InChI is InChI=1S/C31H29FN2O/c1-18(2)22-10-6-8-12-26(22)33-29-25-16-21(32)14-15-24(25)31-28(20(5)17-35-31)30(29)34-27-13-9-7-11-23(27)19(3)4/h6-19H,1-5H3/b33-29+,34-30+. The molecule has 3 aromatic carbocycles. The summed E-state index contributed by atoms with van der Waals surface area (Å²) in [5, 5.41) is 0. The van der Waals surface area contributed by atoms with E-state index < -0.39 is 0 Å². The van der Waals surface area contributed by atoms with Gasteiger partial charge in [0.15, 0.2) is 0 Å². The highest BCUT2D eigenvalue weighted by molar-refractivity contribution is 6.57. The fourth-order valence-corrected chi connectivity index (χ4v) is 4.71. The zero-order valence-corrected chi connectivity index (χ0v) is 20.8. The van der Waals surface area contributed by atoms with Crippen molar-refractivity contribution in [3.05, 3.63) is 107 Å². The maximum absolute atomic E-state index is 14.6. The molecule has 3 nitrogen and oxygen atoms in total. The van der Waals surface area contributed by atoms with Crippen LogP contribution in [-0.4, -0.2) is 11.4 Å². The second kappa shape index (κ2) is 9.10. The Kier molecular flexibility index (Phi) is 5.98. The third-order valence-electron chi connectivity index (χ3n) is 6.50. The molecular formula is C31H29FN2O. The van der Waals surface area contributed by atoms with Gasteiger partial charge in [0.05, 0.1) is 28.9 Å². The summed E-state index contributed by atoms with van der Waals surface area (Å²) in [5.41, 5.74) is 8.78. The summed E-state index contributed by atoms with van der Waals surface area (Å²) in [6.45, 7) is 10.6. The van der Waals surface area contributed by atoms with Crippen LogP contribution in [0.15, 0.2) is 87.4 Å². The van der Waals surface area contributed by atoms with Gasteiger partial charge in [0.1, 0.15) is 17.3 Å². The average molecular weight is 465 g/mol. The van der Waals surface area contributed by atoms with Gasteiger partial charge < -0.3 is 4.42 Å². The van der Waals surface area contributed by atoms with E-state index in [9.17, 15) is 4.39 Å². The third kappa shape index (κ3) is 4.14. The molecule has 0 N–H and O–H groups in total. The van der Waals surface area contributed by atoms with Gasteiger partial charge in [-0.3, -0.25) is 0 Å². The number of hydrogen-bond donors (Lipinski definition) is 0. The SMILES string of the molecule is Cc1coc2c1C(=N\c1ccccc1C(C)C)/C(=N/c1ccccc1C(C)C)c1cc(F)ccc1-2. The van der Waals surface area contributed by atoms with E-state index >= 15 is 0 Å². The van der Waals surface area contributed by atoms with Crippen molar-refractivity contribution in [2.45, 2.75) is 46.5 Å². The highest BCUT2D eigenvalue weighted by Gasteiger charge is 2.32. The van der Waals surface area contributed by atoms with Crippen LogP contribution in [0, 0.1) is 12.7 Å². The number of furan rings is 1. The number of rotatable bonds is 4. The van der Waals surface area contributed by atoms with Crippen LogP contribution in [0.2, 0.25) is 0 Å². The van der Waals surface area contributed by atoms with E-state index in [0.717, 1.165) is 39.2 Å². The molecule has 0 atom stereocenters. The van der Waals surface area contributed by atoms with Gasteiger partial charge in [0, 0.05) is 11.1 Å². The normalized spacial score (nSPS) is 15.2. The number of para-hydroxylation sites is 2. The molecule has 1 aromatic heterocycles. The Labute approximate surface area is 206 Å². The summed E-state index contributed by atoms with van der Waals surface area (Å²) < 4.78 is 20.6. The number of aryl methyl sites for hydroxylation is 1. The number of fused-ring (bicyclic) bond motifs is 3. The Morgan fingerprint density at radius 2 is 1.29 bits per heavy atom. The maximum atomic E-state index is 14.6. The summed E-state index contributed by atoms with van der Waals surface area (Å²) in [4.78, 5) is 10.4. The van der Waals surface area contributed by atoms with Crippen molar-refractivity contribution in [3.63, 3.8) is 0 Å². The molecule has 4 heteroatoms. The predicted molar refractivity (Wildman–Crippen MR) is 142 cm³/mol. The predicted octanol–water partition coefficient (Wildman–Crippen LogP) is 8.90. The van der Waals surface area contributed by atoms with E-state index in [1.165, 1.54) is 12.1 Å². The molecule has 35 heavy (non-hydrogen) atoms. The Hall–Kier alpha value is -3.79. The average Bonchev–Trinajstić information content (AvgIpc) is 3.22. The molecule has 1 aliphatic carbocycles. The van der Waals surface area contributed by atoms with Crippen LogP contribution < -0.4 is 0 Å². The molecule has 0 saturated heterocycles. The van der Waals surface area contributed by atoms with Crippen molar-refractivity contribution in [1.82, 2.24) is 0 Å². The lowest BCUT2D eigenvalue weighted by Gasteiger charge is -2.22. The van der Waals surface area contributed by atoms with Gasteiger partial charge in [-0.15, -0.1) is 0 Å². The smallest absolute Gasteiger partial charge is 0.144 e. The topological polar surface area (TPSA) is 37.9 Å². The molecule has 0 bridgehead atoms. The minimum atomic E-state index is -0.317. The fourth-order valence-electron chi connectivity index (χ4n) is 4.71. The highest BCUT2D eigenvalue weighted by atomic mass is 19.1. The van der Waals surface area contributed by atoms with Crippen LogP contribution in [0.4, 0.5) is 15.8 Å². The Morgan fingerprint density at radius 3 is 1.89 bits per heavy atom. The molecular weight excluding hydrogens is 435 g/mol. The molecule has 0 aliphatic heterocycles. The molecule has 1 heterocycles. The number of aliphatic imine (C=N–C) groups is 2. The van der Waals surface area contributed by atoms with E-state index in [1.54, 1.807) is 12.3 Å². The van der Waals surface area contributed by atoms with Crippen LogP contribution in [0.25, 0.3) is 11.3 Å². The molecule has 0 spiro atoms. The minimum absolute atomic E-state index is 0.291. The van der Waals surface area contributed by atoms with E-state index in [-0.39, 0.29) is 5.82 Å². The lowest BCUT2D eigenvalue weighted by Crippen LogP contribution is -2.23. The first-order chi connectivity index (χ1) is 16.8. The first-order valence-corrected chi connectivity index (χ1v) is 12.1. The van der Waals surface area contributed by atoms with Crippen LogP contribution >= 0.6 is 0 Å². The number of halogens is 1. The fraction of sp³-hybridized carbons (Fsp3) is 0.226. The molecule has 4 aromatic rings. The summed E-state index contributed by atoms with van der Waals surface area (Å²) in [6.07, 6.45) is 1.74. The first-order valence-electron chi connectivity index (χ1n) is 12.1. The highest BCUT2D eigenvalue weighted by Crippen LogP contribution is 2.40. The Morgan fingerprint density at radius 1 is 0.714 bits per heavy atom. The molecule has 176 valence electrons. The summed E-state index contributed by atoms with van der Waals surface area (Å²) in [5.74, 6) is 0.979. The van der Waals surface area contributed by atoms with Crippen LogP contribution in [0.3, 0.4) is 0 Å². The van der Waals surface area contributed by atoms with Gasteiger partial charge in [-0.1, -0.05) is 64.1 Å². The number of hydrogen-bond acceptors (Lipinski definition) is 3. The Balaban J connectivity index is 1.86. The zero-order chi connectivity index (χ0) is 24.7. The zero-order valence-electron chi connectivity index (χ0n) is 20.8. The second-order valence-electron chi connectivity index (χ2n) is 9.66. The van der Waals surface area contributed by atoms with Crippen molar-refractivity contribution in [1.29, 1.82) is 0 Å². The van der Waals surface area contributed by atoms with Crippen molar-refractivity contribution >= 4 is 22.8 Å². The number of nitrogens with zero attached hydrogens (tertiary/aromatic N) is 2. The van der Waals surface area contributed by atoms with Gasteiger partial charge in [-0.25, -0.2) is 14.4 Å². The summed E-state index contributed by atoms with van der Waals surface area (Å²) in [6, 6.07) is 21.1. The molecule has 0 saturated carbocycles. The molecule has 5 rings (SSSR count). The van der Waals surface area contributed by atoms with Crippen LogP contribution in [-0.2, 0) is 0 Å². The first kappa shape index (κ1) is 23.0. The van der Waals surface area contributed by atoms with E-state index in [2.05, 4.69) is 39.8 Å². The van der Waals surface area contributed by atoms with Crippen LogP contribution in [0.5, 0.6) is 0 Å². The van der Waals surface area contributed by atoms with Gasteiger partial charge in [0.25, 0.3) is 0 Å². The molecule has 0 amide bonds. The monoisotopic (exact) mass is 464 g/mol. The van der Waals surface area contributed by atoms with Gasteiger partial charge in [-0.05, 0) is 65.8 Å². The molecule has 0 fully saturated rings. The number of benzene rings is 3. The maximum Gasteiger partial charge on any atom is 0.144 e. The lowest BCUT2D eigenvalue weighted by molar-refractivity contribution is 0.579. The van der Waals surface area contributed by atoms with E-state index in [1.807, 2.05) is 43.3 Å².